The van der Waals surface area contributed by atoms with Crippen molar-refractivity contribution in [3.05, 3.63) is 71.5 Å². The zero-order chi connectivity index (χ0) is 17.5. The molecule has 2 aromatic carbocycles. The molecule has 0 aromatic heterocycles. The number of hydrogen-bond donors (Lipinski definition) is 0. The molecule has 2 aromatic rings. The molecule has 0 atom stereocenters. The molecule has 0 aliphatic rings. The number of carbonyl (C=O) groups excluding carboxylic acids is 2. The Morgan fingerprint density at radius 2 is 1.58 bits per heavy atom. The van der Waals surface area contributed by atoms with Gasteiger partial charge in [0.05, 0.1) is 5.56 Å². The Labute approximate surface area is 142 Å². The van der Waals surface area contributed by atoms with E-state index in [9.17, 15) is 14.0 Å². The van der Waals surface area contributed by atoms with Crippen LogP contribution in [0.5, 0.6) is 0 Å². The fourth-order valence-electron chi connectivity index (χ4n) is 2.52. The van der Waals surface area contributed by atoms with Gasteiger partial charge < -0.3 is 4.90 Å². The van der Waals surface area contributed by atoms with E-state index < -0.39 is 5.82 Å². The van der Waals surface area contributed by atoms with Gasteiger partial charge in [0.25, 0.3) is 0 Å². The number of carbonyl (C=O) groups is 2. The number of amides is 1. The highest BCUT2D eigenvalue weighted by Crippen LogP contribution is 2.14. The Kier molecular flexibility index (Phi) is 6.24. The number of halogens is 1. The summed E-state index contributed by atoms with van der Waals surface area (Å²) in [6.45, 7) is 4.39. The zero-order valence-electron chi connectivity index (χ0n) is 14.0. The average molecular weight is 327 g/mol. The van der Waals surface area contributed by atoms with E-state index in [1.165, 1.54) is 18.2 Å². The van der Waals surface area contributed by atoms with Crippen molar-refractivity contribution >= 4 is 11.7 Å². The summed E-state index contributed by atoms with van der Waals surface area (Å²) >= 11 is 0. The number of Topliss-reactive ketones (excluding diaryl/α,β-unsaturated/α-hetero) is 1. The van der Waals surface area contributed by atoms with Crippen LogP contribution in [0.4, 0.5) is 4.39 Å². The largest absolute Gasteiger partial charge is 0.336 e. The van der Waals surface area contributed by atoms with Gasteiger partial charge in [-0.1, -0.05) is 42.5 Å². The van der Waals surface area contributed by atoms with Gasteiger partial charge in [0.1, 0.15) is 5.82 Å². The Balaban J connectivity index is 1.98. The number of nitrogens with zero attached hydrogens (tertiary/aromatic N) is 1. The average Bonchev–Trinajstić information content (AvgIpc) is 2.58. The summed E-state index contributed by atoms with van der Waals surface area (Å²) in [5.74, 6) is -0.983. The minimum Gasteiger partial charge on any atom is -0.336 e. The van der Waals surface area contributed by atoms with Crippen LogP contribution in [0.1, 0.15) is 42.6 Å². The van der Waals surface area contributed by atoms with Crippen LogP contribution in [-0.4, -0.2) is 22.6 Å². The lowest BCUT2D eigenvalue weighted by Crippen LogP contribution is -2.36. The molecule has 0 radical (unpaired) electrons. The summed E-state index contributed by atoms with van der Waals surface area (Å²) in [6.07, 6.45) is 0.0932. The lowest BCUT2D eigenvalue weighted by molar-refractivity contribution is -0.133. The molecule has 24 heavy (non-hydrogen) atoms. The summed E-state index contributed by atoms with van der Waals surface area (Å²) in [5.41, 5.74) is 1.09. The highest BCUT2D eigenvalue weighted by molar-refractivity contribution is 5.98. The molecule has 4 heteroatoms. The third-order valence-electron chi connectivity index (χ3n) is 3.88. The van der Waals surface area contributed by atoms with Crippen molar-refractivity contribution in [3.8, 4) is 0 Å². The normalized spacial score (nSPS) is 10.7. The van der Waals surface area contributed by atoms with E-state index in [-0.39, 0.29) is 36.1 Å². The second-order valence-electron chi connectivity index (χ2n) is 6.00. The second-order valence-corrected chi connectivity index (χ2v) is 6.00. The van der Waals surface area contributed by atoms with Crippen molar-refractivity contribution in [3.63, 3.8) is 0 Å². The molecular weight excluding hydrogens is 305 g/mol. The maximum Gasteiger partial charge on any atom is 0.223 e. The van der Waals surface area contributed by atoms with Crippen molar-refractivity contribution in [1.82, 2.24) is 4.90 Å². The molecule has 0 heterocycles. The van der Waals surface area contributed by atoms with Crippen LogP contribution >= 0.6 is 0 Å². The fourth-order valence-corrected chi connectivity index (χ4v) is 2.52. The number of ketones is 1. The van der Waals surface area contributed by atoms with Crippen LogP contribution in [0, 0.1) is 5.82 Å². The van der Waals surface area contributed by atoms with E-state index in [0.29, 0.717) is 6.54 Å². The SMILES string of the molecule is CC(C)N(Cc1ccccc1)C(=O)CCC(=O)c1ccccc1F. The first-order valence-corrected chi connectivity index (χ1v) is 8.10. The summed E-state index contributed by atoms with van der Waals surface area (Å²) in [5, 5.41) is 0. The summed E-state index contributed by atoms with van der Waals surface area (Å²) < 4.78 is 13.6. The van der Waals surface area contributed by atoms with Crippen LogP contribution in [0.3, 0.4) is 0 Å². The molecule has 126 valence electrons. The van der Waals surface area contributed by atoms with Crippen LogP contribution in [-0.2, 0) is 11.3 Å². The van der Waals surface area contributed by atoms with Crippen molar-refractivity contribution in [2.45, 2.75) is 39.3 Å². The van der Waals surface area contributed by atoms with E-state index >= 15 is 0 Å². The minimum atomic E-state index is -0.542. The Morgan fingerprint density at radius 3 is 2.21 bits per heavy atom. The molecule has 0 N–H and O–H groups in total. The molecule has 0 aliphatic heterocycles. The zero-order valence-corrected chi connectivity index (χ0v) is 14.0. The van der Waals surface area contributed by atoms with Crippen molar-refractivity contribution in [2.24, 2.45) is 0 Å². The van der Waals surface area contributed by atoms with E-state index in [1.54, 1.807) is 11.0 Å². The van der Waals surface area contributed by atoms with Gasteiger partial charge in [0.15, 0.2) is 5.78 Å². The van der Waals surface area contributed by atoms with E-state index in [1.807, 2.05) is 44.2 Å². The van der Waals surface area contributed by atoms with Gasteiger partial charge >= 0.3 is 0 Å². The number of hydrogen-bond acceptors (Lipinski definition) is 2. The first-order chi connectivity index (χ1) is 11.5. The highest BCUT2D eigenvalue weighted by atomic mass is 19.1. The van der Waals surface area contributed by atoms with Gasteiger partial charge in [-0.2, -0.15) is 0 Å². The number of benzene rings is 2. The summed E-state index contributed by atoms with van der Waals surface area (Å²) in [4.78, 5) is 26.3. The number of rotatable bonds is 7. The molecule has 0 saturated heterocycles. The van der Waals surface area contributed by atoms with Crippen molar-refractivity contribution in [2.75, 3.05) is 0 Å². The summed E-state index contributed by atoms with van der Waals surface area (Å²) in [6, 6.07) is 15.6. The van der Waals surface area contributed by atoms with Crippen LogP contribution in [0.2, 0.25) is 0 Å². The Morgan fingerprint density at radius 1 is 0.958 bits per heavy atom. The fraction of sp³-hybridized carbons (Fsp3) is 0.300. The molecule has 0 aliphatic carbocycles. The van der Waals surface area contributed by atoms with E-state index in [0.717, 1.165) is 5.56 Å². The molecule has 0 bridgehead atoms. The summed E-state index contributed by atoms with van der Waals surface area (Å²) in [7, 11) is 0. The highest BCUT2D eigenvalue weighted by Gasteiger charge is 2.19. The smallest absolute Gasteiger partial charge is 0.223 e. The topological polar surface area (TPSA) is 37.4 Å². The maximum absolute atomic E-state index is 13.6. The van der Waals surface area contributed by atoms with Gasteiger partial charge in [-0.3, -0.25) is 9.59 Å². The second kappa shape index (κ2) is 8.39. The first kappa shape index (κ1) is 17.9. The predicted molar refractivity (Wildman–Crippen MR) is 92.1 cm³/mol. The first-order valence-electron chi connectivity index (χ1n) is 8.10. The molecule has 0 fully saturated rings. The lowest BCUT2D eigenvalue weighted by atomic mass is 10.1. The standard InChI is InChI=1S/C20H22FNO2/c1-15(2)22(14-16-8-4-3-5-9-16)20(24)13-12-19(23)17-10-6-7-11-18(17)21/h3-11,15H,12-14H2,1-2H3. The quantitative estimate of drug-likeness (QED) is 0.714. The van der Waals surface area contributed by atoms with Gasteiger partial charge in [-0.25, -0.2) is 4.39 Å². The van der Waals surface area contributed by atoms with Crippen LogP contribution < -0.4 is 0 Å². The van der Waals surface area contributed by atoms with Crippen molar-refractivity contribution < 1.29 is 14.0 Å². The van der Waals surface area contributed by atoms with Gasteiger partial charge in [-0.15, -0.1) is 0 Å². The molecule has 1 amide bonds. The Hall–Kier alpha value is -2.49. The van der Waals surface area contributed by atoms with E-state index in [2.05, 4.69) is 0 Å². The maximum atomic E-state index is 13.6. The van der Waals surface area contributed by atoms with Crippen LogP contribution in [0.15, 0.2) is 54.6 Å². The molecule has 0 unspecified atom stereocenters. The van der Waals surface area contributed by atoms with Gasteiger partial charge in [-0.05, 0) is 31.5 Å². The van der Waals surface area contributed by atoms with Crippen molar-refractivity contribution in [1.29, 1.82) is 0 Å². The molecule has 2 rings (SSSR count). The minimum absolute atomic E-state index is 0.0117. The lowest BCUT2D eigenvalue weighted by Gasteiger charge is -2.27. The van der Waals surface area contributed by atoms with E-state index in [4.69, 9.17) is 0 Å². The third kappa shape index (κ3) is 4.75. The monoisotopic (exact) mass is 327 g/mol. The molecule has 0 spiro atoms. The molecular formula is C20H22FNO2. The van der Waals surface area contributed by atoms with Crippen LogP contribution in [0.25, 0.3) is 0 Å². The van der Waals surface area contributed by atoms with Gasteiger partial charge in [0, 0.05) is 25.4 Å². The molecule has 3 nitrogen and oxygen atoms in total. The predicted octanol–water partition coefficient (Wildman–Crippen LogP) is 4.23. The molecule has 0 saturated carbocycles. The Bertz CT molecular complexity index is 698. The third-order valence-corrected chi connectivity index (χ3v) is 3.88. The van der Waals surface area contributed by atoms with Gasteiger partial charge in [0.2, 0.25) is 5.91 Å².